The fourth-order valence-corrected chi connectivity index (χ4v) is 2.10. The van der Waals surface area contributed by atoms with E-state index in [2.05, 4.69) is 19.6 Å². The van der Waals surface area contributed by atoms with Crippen molar-refractivity contribution in [3.8, 4) is 0 Å². The molecule has 1 amide bonds. The van der Waals surface area contributed by atoms with Crippen LogP contribution in [0.15, 0.2) is 0 Å². The van der Waals surface area contributed by atoms with Crippen molar-refractivity contribution in [3.63, 3.8) is 0 Å². The molecule has 0 bridgehead atoms. The number of aliphatic hydroxyl groups is 1. The largest absolute Gasteiger partial charge is 0.479 e. The number of hydrogen-bond donors (Lipinski definition) is 2. The van der Waals surface area contributed by atoms with E-state index in [4.69, 9.17) is 9.84 Å². The van der Waals surface area contributed by atoms with Gasteiger partial charge in [-0.1, -0.05) is 19.6 Å². The zero-order valence-corrected chi connectivity index (χ0v) is 11.4. The van der Waals surface area contributed by atoms with E-state index in [0.29, 0.717) is 6.61 Å². The maximum atomic E-state index is 11.4. The summed E-state index contributed by atoms with van der Waals surface area (Å²) in [4.78, 5) is 23.2. The third-order valence-corrected chi connectivity index (χ3v) is 4.34. The summed E-state index contributed by atoms with van der Waals surface area (Å²) in [6.45, 7) is 6.48. The first-order valence-corrected chi connectivity index (χ1v) is 9.22. The molecule has 0 radical (unpaired) electrons. The third kappa shape index (κ3) is 3.71. The minimum Gasteiger partial charge on any atom is -0.479 e. The predicted octanol–water partition coefficient (Wildman–Crippen LogP) is 0.593. The zero-order chi connectivity index (χ0) is 13.3. The van der Waals surface area contributed by atoms with Crippen molar-refractivity contribution >= 4 is 20.1 Å². The highest BCUT2D eigenvalue weighted by Gasteiger charge is 2.50. The molecule has 1 fully saturated rings. The van der Waals surface area contributed by atoms with Crippen molar-refractivity contribution in [2.24, 2.45) is 0 Å². The van der Waals surface area contributed by atoms with E-state index < -0.39 is 25.7 Å². The predicted molar refractivity (Wildman–Crippen MR) is 63.7 cm³/mol. The van der Waals surface area contributed by atoms with Crippen LogP contribution in [0, 0.1) is 0 Å². The fourth-order valence-electron chi connectivity index (χ4n) is 1.39. The average molecular weight is 261 g/mol. The highest BCUT2D eigenvalue weighted by Crippen LogP contribution is 2.22. The van der Waals surface area contributed by atoms with Crippen LogP contribution in [-0.4, -0.2) is 60.5 Å². The highest BCUT2D eigenvalue weighted by molar-refractivity contribution is 6.76. The van der Waals surface area contributed by atoms with E-state index in [9.17, 15) is 14.7 Å². The Morgan fingerprint density at radius 1 is 1.35 bits per heavy atom. The summed E-state index contributed by atoms with van der Waals surface area (Å²) in [6.07, 6.45) is -0.547. The van der Waals surface area contributed by atoms with E-state index in [1.54, 1.807) is 0 Å². The van der Waals surface area contributed by atoms with Crippen molar-refractivity contribution in [2.75, 3.05) is 19.7 Å². The summed E-state index contributed by atoms with van der Waals surface area (Å²) in [5.41, 5.74) is -1.79. The molecule has 1 saturated heterocycles. The highest BCUT2D eigenvalue weighted by atomic mass is 28.3. The maximum absolute atomic E-state index is 11.4. The number of β-amino-alcohol motifs (C(OH)–C–C–N with tert-alkyl or cyclic N) is 1. The van der Waals surface area contributed by atoms with E-state index in [0.717, 1.165) is 6.04 Å². The Morgan fingerprint density at radius 3 is 2.29 bits per heavy atom. The first-order chi connectivity index (χ1) is 7.64. The summed E-state index contributed by atoms with van der Waals surface area (Å²) in [6, 6.07) is 0.871. The van der Waals surface area contributed by atoms with Crippen molar-refractivity contribution in [1.29, 1.82) is 0 Å². The number of carbonyl (C=O) groups excluding carboxylic acids is 1. The number of carboxylic acids is 1. The Hall–Kier alpha value is -1.08. The Morgan fingerprint density at radius 2 is 1.88 bits per heavy atom. The van der Waals surface area contributed by atoms with Gasteiger partial charge in [-0.15, -0.1) is 0 Å². The minimum absolute atomic E-state index is 0.200. The molecule has 1 aliphatic rings. The molecule has 0 aromatic heterocycles. The van der Waals surface area contributed by atoms with Crippen LogP contribution in [0.25, 0.3) is 0 Å². The SMILES string of the molecule is C[Si](C)(C)CCOC(=O)N1CC(O)(C(=O)O)C1. The zero-order valence-electron chi connectivity index (χ0n) is 10.4. The van der Waals surface area contributed by atoms with Gasteiger partial charge in [-0.05, 0) is 6.04 Å². The quantitative estimate of drug-likeness (QED) is 0.723. The molecule has 1 rings (SSSR count). The van der Waals surface area contributed by atoms with Gasteiger partial charge in [0, 0.05) is 8.07 Å². The second-order valence-electron chi connectivity index (χ2n) is 5.62. The van der Waals surface area contributed by atoms with Crippen LogP contribution < -0.4 is 0 Å². The van der Waals surface area contributed by atoms with Gasteiger partial charge >= 0.3 is 12.1 Å². The van der Waals surface area contributed by atoms with Gasteiger partial charge in [-0.3, -0.25) is 0 Å². The van der Waals surface area contributed by atoms with Gasteiger partial charge < -0.3 is 19.8 Å². The van der Waals surface area contributed by atoms with E-state index in [1.165, 1.54) is 4.90 Å². The first-order valence-electron chi connectivity index (χ1n) is 5.51. The lowest BCUT2D eigenvalue weighted by molar-refractivity contribution is -0.174. The first kappa shape index (κ1) is 14.0. The fraction of sp³-hybridized carbons (Fsp3) is 0.800. The van der Waals surface area contributed by atoms with Gasteiger partial charge in [-0.25, -0.2) is 9.59 Å². The summed E-state index contributed by atoms with van der Waals surface area (Å²) in [7, 11) is -1.24. The number of carbonyl (C=O) groups is 2. The van der Waals surface area contributed by atoms with Crippen LogP contribution in [0.3, 0.4) is 0 Å². The van der Waals surface area contributed by atoms with Gasteiger partial charge in [-0.2, -0.15) is 0 Å². The number of hydrogen-bond acceptors (Lipinski definition) is 4. The lowest BCUT2D eigenvalue weighted by Gasteiger charge is -2.42. The molecule has 0 spiro atoms. The molecule has 6 nitrogen and oxygen atoms in total. The normalized spacial score (nSPS) is 18.5. The number of carboxylic acid groups (broad SMARTS) is 1. The van der Waals surface area contributed by atoms with Crippen LogP contribution in [-0.2, 0) is 9.53 Å². The Kier molecular flexibility index (Phi) is 3.83. The molecule has 0 aromatic rings. The second-order valence-corrected chi connectivity index (χ2v) is 11.2. The smallest absolute Gasteiger partial charge is 0.409 e. The van der Waals surface area contributed by atoms with Crippen molar-refractivity contribution in [3.05, 3.63) is 0 Å². The number of aliphatic carboxylic acids is 1. The van der Waals surface area contributed by atoms with Gasteiger partial charge in [0.25, 0.3) is 0 Å². The number of nitrogens with zero attached hydrogens (tertiary/aromatic N) is 1. The monoisotopic (exact) mass is 261 g/mol. The molecule has 7 heteroatoms. The molecule has 1 aliphatic heterocycles. The summed E-state index contributed by atoms with van der Waals surface area (Å²) in [5, 5.41) is 18.1. The molecule has 2 N–H and O–H groups in total. The molecule has 17 heavy (non-hydrogen) atoms. The Balaban J connectivity index is 2.27. The lowest BCUT2D eigenvalue weighted by Crippen LogP contribution is -2.67. The molecule has 0 unspecified atom stereocenters. The lowest BCUT2D eigenvalue weighted by atomic mass is 9.95. The second kappa shape index (κ2) is 4.65. The van der Waals surface area contributed by atoms with Crippen LogP contribution in [0.1, 0.15) is 0 Å². The van der Waals surface area contributed by atoms with E-state index in [1.807, 2.05) is 0 Å². The minimum atomic E-state index is -1.79. The van der Waals surface area contributed by atoms with E-state index in [-0.39, 0.29) is 13.1 Å². The van der Waals surface area contributed by atoms with Crippen molar-refractivity contribution < 1.29 is 24.5 Å². The van der Waals surface area contributed by atoms with Crippen LogP contribution in [0.5, 0.6) is 0 Å². The topological polar surface area (TPSA) is 87.1 Å². The Labute approximate surface area is 101 Å². The van der Waals surface area contributed by atoms with Gasteiger partial charge in [0.05, 0.1) is 19.7 Å². The number of rotatable bonds is 4. The molecular formula is C10H19NO5Si. The van der Waals surface area contributed by atoms with Gasteiger partial charge in [0.2, 0.25) is 0 Å². The summed E-state index contributed by atoms with van der Waals surface area (Å²) < 4.78 is 5.01. The van der Waals surface area contributed by atoms with Crippen molar-refractivity contribution in [1.82, 2.24) is 4.90 Å². The molecule has 98 valence electrons. The van der Waals surface area contributed by atoms with Crippen LogP contribution in [0.2, 0.25) is 25.7 Å². The number of amides is 1. The summed E-state index contributed by atoms with van der Waals surface area (Å²) >= 11 is 0. The molecule has 1 heterocycles. The average Bonchev–Trinajstić information content (AvgIpc) is 2.10. The maximum Gasteiger partial charge on any atom is 0.409 e. The molecule has 0 aromatic carbocycles. The van der Waals surface area contributed by atoms with E-state index >= 15 is 0 Å². The number of likely N-dealkylation sites (tertiary alicyclic amines) is 1. The summed E-state index contributed by atoms with van der Waals surface area (Å²) in [5.74, 6) is -1.30. The van der Waals surface area contributed by atoms with Gasteiger partial charge in [0.15, 0.2) is 5.60 Å². The van der Waals surface area contributed by atoms with Crippen molar-refractivity contribution in [2.45, 2.75) is 31.3 Å². The Bertz CT molecular complexity index is 319. The molecule has 0 aliphatic carbocycles. The molecule has 0 atom stereocenters. The standard InChI is InChI=1S/C10H19NO5Si/c1-17(2,3)5-4-16-9(14)11-6-10(15,7-11)8(12)13/h15H,4-7H2,1-3H3,(H,12,13). The van der Waals surface area contributed by atoms with Crippen LogP contribution >= 0.6 is 0 Å². The third-order valence-electron chi connectivity index (χ3n) is 2.64. The van der Waals surface area contributed by atoms with Crippen LogP contribution in [0.4, 0.5) is 4.79 Å². The molecular weight excluding hydrogens is 242 g/mol. The molecule has 0 saturated carbocycles. The number of ether oxygens (including phenoxy) is 1. The van der Waals surface area contributed by atoms with Gasteiger partial charge in [0.1, 0.15) is 0 Å².